The summed E-state index contributed by atoms with van der Waals surface area (Å²) in [4.78, 5) is 0. The van der Waals surface area contributed by atoms with Crippen LogP contribution in [-0.2, 0) is 0 Å². The molecule has 0 saturated heterocycles. The summed E-state index contributed by atoms with van der Waals surface area (Å²) in [5.41, 5.74) is 3.32. The monoisotopic (exact) mass is 357 g/mol. The van der Waals surface area contributed by atoms with Crippen LogP contribution in [0.5, 0.6) is 5.75 Å². The van der Waals surface area contributed by atoms with Crippen molar-refractivity contribution in [3.05, 3.63) is 83.9 Å². The van der Waals surface area contributed by atoms with Gasteiger partial charge in [0.05, 0.1) is 23.5 Å². The van der Waals surface area contributed by atoms with Gasteiger partial charge in [0.2, 0.25) is 0 Å². The Kier molecular flexibility index (Phi) is 3.41. The second-order valence-corrected chi connectivity index (χ2v) is 6.79. The van der Waals surface area contributed by atoms with Crippen LogP contribution >= 0.6 is 11.6 Å². The topological polar surface area (TPSA) is 14.2 Å². The molecule has 0 unspecified atom stereocenters. The third kappa shape index (κ3) is 2.12. The minimum atomic E-state index is 0.723. The highest BCUT2D eigenvalue weighted by molar-refractivity contribution is 6.32. The molecular formula is C23H16ClNO. The summed E-state index contributed by atoms with van der Waals surface area (Å²) < 4.78 is 8.06. The van der Waals surface area contributed by atoms with Gasteiger partial charge in [-0.15, -0.1) is 0 Å². The predicted octanol–water partition coefficient (Wildman–Crippen LogP) is 6.60. The van der Waals surface area contributed by atoms with Crippen molar-refractivity contribution in [3.63, 3.8) is 0 Å². The Labute approximate surface area is 156 Å². The number of benzene rings is 4. The van der Waals surface area contributed by atoms with Gasteiger partial charge in [0.15, 0.2) is 0 Å². The average molecular weight is 358 g/mol. The quantitative estimate of drug-likeness (QED) is 0.347. The van der Waals surface area contributed by atoms with Crippen molar-refractivity contribution in [2.45, 2.75) is 0 Å². The zero-order chi connectivity index (χ0) is 17.7. The van der Waals surface area contributed by atoms with Gasteiger partial charge in [0, 0.05) is 21.5 Å². The molecule has 3 heteroatoms. The van der Waals surface area contributed by atoms with E-state index in [1.54, 1.807) is 7.11 Å². The van der Waals surface area contributed by atoms with Crippen LogP contribution in [0.1, 0.15) is 0 Å². The third-order valence-electron chi connectivity index (χ3n) is 4.91. The Balaban J connectivity index is 2.12. The summed E-state index contributed by atoms with van der Waals surface area (Å²) in [6.07, 6.45) is 0. The van der Waals surface area contributed by atoms with Crippen molar-refractivity contribution in [2.24, 2.45) is 0 Å². The van der Waals surface area contributed by atoms with Crippen molar-refractivity contribution < 1.29 is 4.74 Å². The second kappa shape index (κ2) is 5.79. The van der Waals surface area contributed by atoms with Crippen molar-refractivity contribution in [1.29, 1.82) is 0 Å². The average Bonchev–Trinajstić information content (AvgIpc) is 3.02. The van der Waals surface area contributed by atoms with Crippen LogP contribution in [0.15, 0.2) is 78.9 Å². The van der Waals surface area contributed by atoms with E-state index >= 15 is 0 Å². The SMILES string of the molecule is COc1cc2ccccc2c2c1c1ccc(Cl)cc1n2-c1ccccc1. The fourth-order valence-electron chi connectivity index (χ4n) is 3.82. The van der Waals surface area contributed by atoms with Gasteiger partial charge in [-0.3, -0.25) is 0 Å². The lowest BCUT2D eigenvalue weighted by molar-refractivity contribution is 0.420. The molecule has 0 atom stereocenters. The van der Waals surface area contributed by atoms with Crippen LogP contribution in [0.4, 0.5) is 0 Å². The number of rotatable bonds is 2. The number of nitrogens with zero attached hydrogens (tertiary/aromatic N) is 1. The normalized spacial score (nSPS) is 11.5. The predicted molar refractivity (Wildman–Crippen MR) is 110 cm³/mol. The molecule has 2 nitrogen and oxygen atoms in total. The largest absolute Gasteiger partial charge is 0.496 e. The van der Waals surface area contributed by atoms with Gasteiger partial charge in [-0.2, -0.15) is 0 Å². The maximum absolute atomic E-state index is 6.35. The van der Waals surface area contributed by atoms with Crippen molar-refractivity contribution in [1.82, 2.24) is 4.57 Å². The van der Waals surface area contributed by atoms with Crippen molar-refractivity contribution in [2.75, 3.05) is 7.11 Å². The first-order chi connectivity index (χ1) is 12.8. The second-order valence-electron chi connectivity index (χ2n) is 6.36. The standard InChI is InChI=1S/C23H16ClNO/c1-26-21-13-15-7-5-6-10-18(15)23-22(21)19-12-11-16(24)14-20(19)25(23)17-8-3-2-4-9-17/h2-14H,1H3. The van der Waals surface area contributed by atoms with Crippen LogP contribution in [-0.4, -0.2) is 11.7 Å². The van der Waals surface area contributed by atoms with E-state index in [0.717, 1.165) is 43.7 Å². The Morgan fingerprint density at radius 1 is 0.808 bits per heavy atom. The molecule has 0 N–H and O–H groups in total. The molecule has 0 fully saturated rings. The zero-order valence-electron chi connectivity index (χ0n) is 14.2. The molecule has 0 aliphatic carbocycles. The van der Waals surface area contributed by atoms with E-state index in [1.165, 1.54) is 5.39 Å². The number of methoxy groups -OCH3 is 1. The molecule has 0 bridgehead atoms. The number of aromatic nitrogens is 1. The van der Waals surface area contributed by atoms with E-state index in [-0.39, 0.29) is 0 Å². The van der Waals surface area contributed by atoms with E-state index in [0.29, 0.717) is 0 Å². The van der Waals surface area contributed by atoms with Crippen LogP contribution < -0.4 is 4.74 Å². The van der Waals surface area contributed by atoms with Gasteiger partial charge in [-0.1, -0.05) is 60.1 Å². The van der Waals surface area contributed by atoms with Crippen molar-refractivity contribution in [3.8, 4) is 11.4 Å². The van der Waals surface area contributed by atoms with Gasteiger partial charge in [-0.05, 0) is 35.7 Å². The lowest BCUT2D eigenvalue weighted by Crippen LogP contribution is -1.94. The maximum Gasteiger partial charge on any atom is 0.129 e. The highest BCUT2D eigenvalue weighted by atomic mass is 35.5. The first kappa shape index (κ1) is 15.3. The summed E-state index contributed by atoms with van der Waals surface area (Å²) in [6.45, 7) is 0. The fraction of sp³-hybridized carbons (Fsp3) is 0.0435. The van der Waals surface area contributed by atoms with Gasteiger partial charge in [0.25, 0.3) is 0 Å². The molecule has 4 aromatic carbocycles. The molecular weight excluding hydrogens is 342 g/mol. The van der Waals surface area contributed by atoms with Crippen LogP contribution in [0.25, 0.3) is 38.3 Å². The van der Waals surface area contributed by atoms with Crippen LogP contribution in [0.2, 0.25) is 5.02 Å². The minimum Gasteiger partial charge on any atom is -0.496 e. The number of para-hydroxylation sites is 1. The molecule has 126 valence electrons. The highest BCUT2D eigenvalue weighted by Gasteiger charge is 2.18. The summed E-state index contributed by atoms with van der Waals surface area (Å²) in [5, 5.41) is 5.32. The maximum atomic E-state index is 6.35. The molecule has 26 heavy (non-hydrogen) atoms. The van der Waals surface area contributed by atoms with Crippen molar-refractivity contribution >= 4 is 44.2 Å². The van der Waals surface area contributed by atoms with Gasteiger partial charge in [0.1, 0.15) is 5.75 Å². The Bertz CT molecular complexity index is 1270. The molecule has 0 spiro atoms. The first-order valence-electron chi connectivity index (χ1n) is 8.53. The van der Waals surface area contributed by atoms with Crippen LogP contribution in [0.3, 0.4) is 0 Å². The van der Waals surface area contributed by atoms with E-state index in [4.69, 9.17) is 16.3 Å². The first-order valence-corrected chi connectivity index (χ1v) is 8.90. The Morgan fingerprint density at radius 2 is 1.58 bits per heavy atom. The van der Waals surface area contributed by atoms with Crippen LogP contribution in [0, 0.1) is 0 Å². The van der Waals surface area contributed by atoms with E-state index in [1.807, 2.05) is 18.2 Å². The Hall–Kier alpha value is -2.97. The summed E-state index contributed by atoms with van der Waals surface area (Å²) in [7, 11) is 1.73. The van der Waals surface area contributed by atoms with E-state index in [9.17, 15) is 0 Å². The summed E-state index contributed by atoms with van der Waals surface area (Å²) in [6, 6.07) is 27.0. The van der Waals surface area contributed by atoms with Gasteiger partial charge < -0.3 is 9.30 Å². The summed E-state index contributed by atoms with van der Waals surface area (Å²) >= 11 is 6.35. The number of halogens is 1. The fourth-order valence-corrected chi connectivity index (χ4v) is 3.99. The van der Waals surface area contributed by atoms with E-state index in [2.05, 4.69) is 65.2 Å². The third-order valence-corrected chi connectivity index (χ3v) is 5.15. The number of hydrogen-bond donors (Lipinski definition) is 0. The smallest absolute Gasteiger partial charge is 0.129 e. The molecule has 0 amide bonds. The number of hydrogen-bond acceptors (Lipinski definition) is 1. The lowest BCUT2D eigenvalue weighted by Gasteiger charge is -2.11. The molecule has 0 radical (unpaired) electrons. The molecule has 0 aliphatic heterocycles. The Morgan fingerprint density at radius 3 is 2.38 bits per heavy atom. The van der Waals surface area contributed by atoms with Gasteiger partial charge in [-0.25, -0.2) is 0 Å². The van der Waals surface area contributed by atoms with Gasteiger partial charge >= 0.3 is 0 Å². The molecule has 0 aliphatic rings. The summed E-state index contributed by atoms with van der Waals surface area (Å²) in [5.74, 6) is 0.876. The highest BCUT2D eigenvalue weighted by Crippen LogP contribution is 2.42. The number of fused-ring (bicyclic) bond motifs is 5. The lowest BCUT2D eigenvalue weighted by atomic mass is 10.0. The molecule has 0 saturated carbocycles. The van der Waals surface area contributed by atoms with E-state index < -0.39 is 0 Å². The number of ether oxygens (including phenoxy) is 1. The zero-order valence-corrected chi connectivity index (χ0v) is 15.0. The minimum absolute atomic E-state index is 0.723. The molecule has 5 aromatic rings. The molecule has 1 aromatic heterocycles. The molecule has 1 heterocycles. The molecule has 5 rings (SSSR count).